The summed E-state index contributed by atoms with van der Waals surface area (Å²) in [6, 6.07) is 11.4. The molecule has 0 aliphatic carbocycles. The standard InChI is InChI=1S/C11H10N2O/c1-9-7-11(8-14)13(12-9)10-5-3-2-4-6-10/h2-8H,1H3. The Morgan fingerprint density at radius 1 is 1.29 bits per heavy atom. The predicted octanol–water partition coefficient (Wildman–Crippen LogP) is 1.99. The molecule has 0 fully saturated rings. The number of carbonyl (C=O) groups excluding carboxylic acids is 1. The van der Waals surface area contributed by atoms with Crippen molar-refractivity contribution in [3.63, 3.8) is 0 Å². The van der Waals surface area contributed by atoms with E-state index in [1.165, 1.54) is 0 Å². The van der Waals surface area contributed by atoms with E-state index in [4.69, 9.17) is 0 Å². The fourth-order valence-corrected chi connectivity index (χ4v) is 1.38. The summed E-state index contributed by atoms with van der Waals surface area (Å²) >= 11 is 0. The second-order valence-corrected chi connectivity index (χ2v) is 3.08. The lowest BCUT2D eigenvalue weighted by Gasteiger charge is -2.01. The van der Waals surface area contributed by atoms with Crippen LogP contribution in [0, 0.1) is 6.92 Å². The first-order valence-corrected chi connectivity index (χ1v) is 4.38. The van der Waals surface area contributed by atoms with E-state index in [0.29, 0.717) is 5.69 Å². The van der Waals surface area contributed by atoms with E-state index in [1.54, 1.807) is 10.7 Å². The van der Waals surface area contributed by atoms with Crippen molar-refractivity contribution in [1.29, 1.82) is 0 Å². The molecule has 1 aromatic carbocycles. The molecule has 2 aromatic rings. The molecule has 0 unspecified atom stereocenters. The highest BCUT2D eigenvalue weighted by atomic mass is 16.1. The van der Waals surface area contributed by atoms with Crippen molar-refractivity contribution in [2.75, 3.05) is 0 Å². The van der Waals surface area contributed by atoms with Gasteiger partial charge in [0, 0.05) is 0 Å². The number of para-hydroxylation sites is 1. The van der Waals surface area contributed by atoms with Crippen molar-refractivity contribution in [2.45, 2.75) is 6.92 Å². The van der Waals surface area contributed by atoms with Crippen LogP contribution >= 0.6 is 0 Å². The highest BCUT2D eigenvalue weighted by molar-refractivity contribution is 5.73. The Balaban J connectivity index is 2.56. The molecule has 0 aliphatic rings. The third-order valence-corrected chi connectivity index (χ3v) is 1.98. The number of benzene rings is 1. The number of carbonyl (C=O) groups is 1. The molecule has 0 spiro atoms. The van der Waals surface area contributed by atoms with Crippen LogP contribution in [0.25, 0.3) is 5.69 Å². The van der Waals surface area contributed by atoms with Crippen LogP contribution in [0.5, 0.6) is 0 Å². The molecule has 0 radical (unpaired) electrons. The van der Waals surface area contributed by atoms with Gasteiger partial charge in [0.25, 0.3) is 0 Å². The first-order valence-electron chi connectivity index (χ1n) is 4.38. The first-order chi connectivity index (χ1) is 6.81. The molecule has 0 N–H and O–H groups in total. The molecule has 2 rings (SSSR count). The summed E-state index contributed by atoms with van der Waals surface area (Å²) in [6.45, 7) is 1.87. The minimum Gasteiger partial charge on any atom is -0.296 e. The minimum absolute atomic E-state index is 0.578. The molecule has 0 atom stereocenters. The lowest BCUT2D eigenvalue weighted by atomic mass is 10.3. The maximum absolute atomic E-state index is 10.8. The van der Waals surface area contributed by atoms with Gasteiger partial charge in [-0.25, -0.2) is 4.68 Å². The van der Waals surface area contributed by atoms with Gasteiger partial charge in [-0.05, 0) is 25.1 Å². The summed E-state index contributed by atoms with van der Waals surface area (Å²) in [7, 11) is 0. The number of hydrogen-bond acceptors (Lipinski definition) is 2. The van der Waals surface area contributed by atoms with Gasteiger partial charge in [0.05, 0.1) is 11.4 Å². The number of nitrogens with zero attached hydrogens (tertiary/aromatic N) is 2. The molecule has 1 aromatic heterocycles. The zero-order valence-electron chi connectivity index (χ0n) is 7.84. The molecule has 70 valence electrons. The highest BCUT2D eigenvalue weighted by Gasteiger charge is 2.04. The third kappa shape index (κ3) is 1.44. The van der Waals surface area contributed by atoms with Crippen molar-refractivity contribution in [1.82, 2.24) is 9.78 Å². The molecule has 3 nitrogen and oxygen atoms in total. The lowest BCUT2D eigenvalue weighted by molar-refractivity contribution is 0.111. The maximum atomic E-state index is 10.8. The summed E-state index contributed by atoms with van der Waals surface area (Å²) in [6.07, 6.45) is 0.812. The van der Waals surface area contributed by atoms with E-state index in [-0.39, 0.29) is 0 Å². The van der Waals surface area contributed by atoms with Gasteiger partial charge in [0.15, 0.2) is 6.29 Å². The quantitative estimate of drug-likeness (QED) is 0.672. The normalized spacial score (nSPS) is 10.1. The van der Waals surface area contributed by atoms with Gasteiger partial charge in [-0.1, -0.05) is 18.2 Å². The lowest BCUT2D eigenvalue weighted by Crippen LogP contribution is -2.00. The van der Waals surface area contributed by atoms with Crippen molar-refractivity contribution >= 4 is 6.29 Å². The molecule has 1 heterocycles. The average Bonchev–Trinajstić information content (AvgIpc) is 2.61. The van der Waals surface area contributed by atoms with E-state index in [1.807, 2.05) is 37.3 Å². The molecular weight excluding hydrogens is 176 g/mol. The number of hydrogen-bond donors (Lipinski definition) is 0. The van der Waals surface area contributed by atoms with Crippen LogP contribution in [0.15, 0.2) is 36.4 Å². The monoisotopic (exact) mass is 186 g/mol. The van der Waals surface area contributed by atoms with E-state index in [0.717, 1.165) is 17.7 Å². The van der Waals surface area contributed by atoms with Gasteiger partial charge in [-0.3, -0.25) is 4.79 Å². The molecule has 0 aliphatic heterocycles. The van der Waals surface area contributed by atoms with Crippen molar-refractivity contribution in [2.24, 2.45) is 0 Å². The Morgan fingerprint density at radius 3 is 2.64 bits per heavy atom. The molecule has 14 heavy (non-hydrogen) atoms. The topological polar surface area (TPSA) is 34.9 Å². The van der Waals surface area contributed by atoms with Crippen molar-refractivity contribution in [3.05, 3.63) is 47.8 Å². The molecule has 0 bridgehead atoms. The Kier molecular flexibility index (Phi) is 2.14. The molecule has 0 saturated heterocycles. The largest absolute Gasteiger partial charge is 0.296 e. The maximum Gasteiger partial charge on any atom is 0.168 e. The fourth-order valence-electron chi connectivity index (χ4n) is 1.38. The Labute approximate surface area is 82.0 Å². The first kappa shape index (κ1) is 8.69. The van der Waals surface area contributed by atoms with Gasteiger partial charge in [-0.2, -0.15) is 5.10 Å². The van der Waals surface area contributed by atoms with Gasteiger partial charge in [0.2, 0.25) is 0 Å². The zero-order valence-corrected chi connectivity index (χ0v) is 7.84. The predicted molar refractivity (Wildman–Crippen MR) is 53.7 cm³/mol. The number of rotatable bonds is 2. The third-order valence-electron chi connectivity index (χ3n) is 1.98. The average molecular weight is 186 g/mol. The van der Waals surface area contributed by atoms with Gasteiger partial charge in [0.1, 0.15) is 5.69 Å². The zero-order chi connectivity index (χ0) is 9.97. The number of aromatic nitrogens is 2. The smallest absolute Gasteiger partial charge is 0.168 e. The SMILES string of the molecule is Cc1cc(C=O)n(-c2ccccc2)n1. The van der Waals surface area contributed by atoms with Gasteiger partial charge in [-0.15, -0.1) is 0 Å². The number of aldehydes is 1. The van der Waals surface area contributed by atoms with Crippen LogP contribution in [0.1, 0.15) is 16.2 Å². The molecular formula is C11H10N2O. The molecule has 0 amide bonds. The van der Waals surface area contributed by atoms with E-state index in [2.05, 4.69) is 5.10 Å². The second-order valence-electron chi connectivity index (χ2n) is 3.08. The van der Waals surface area contributed by atoms with E-state index >= 15 is 0 Å². The van der Waals surface area contributed by atoms with Crippen LogP contribution in [0.3, 0.4) is 0 Å². The fraction of sp³-hybridized carbons (Fsp3) is 0.0909. The molecule has 0 saturated carbocycles. The minimum atomic E-state index is 0.578. The molecule has 3 heteroatoms. The van der Waals surface area contributed by atoms with Crippen LogP contribution in [-0.2, 0) is 0 Å². The highest BCUT2D eigenvalue weighted by Crippen LogP contribution is 2.10. The van der Waals surface area contributed by atoms with Crippen LogP contribution in [0.2, 0.25) is 0 Å². The second kappa shape index (κ2) is 3.46. The van der Waals surface area contributed by atoms with Crippen molar-refractivity contribution in [3.8, 4) is 5.69 Å². The summed E-state index contributed by atoms with van der Waals surface area (Å²) in [4.78, 5) is 10.8. The summed E-state index contributed by atoms with van der Waals surface area (Å²) in [5, 5.41) is 4.24. The Hall–Kier alpha value is -1.90. The van der Waals surface area contributed by atoms with Gasteiger partial charge < -0.3 is 0 Å². The number of aryl methyl sites for hydroxylation is 1. The summed E-state index contributed by atoms with van der Waals surface area (Å²) < 4.78 is 1.64. The van der Waals surface area contributed by atoms with E-state index in [9.17, 15) is 4.79 Å². The summed E-state index contributed by atoms with van der Waals surface area (Å²) in [5.74, 6) is 0. The Morgan fingerprint density at radius 2 is 2.00 bits per heavy atom. The Bertz CT molecular complexity index is 446. The van der Waals surface area contributed by atoms with E-state index < -0.39 is 0 Å². The van der Waals surface area contributed by atoms with Gasteiger partial charge >= 0.3 is 0 Å². The van der Waals surface area contributed by atoms with Crippen LogP contribution in [-0.4, -0.2) is 16.1 Å². The van der Waals surface area contributed by atoms with Crippen LogP contribution in [0.4, 0.5) is 0 Å². The summed E-state index contributed by atoms with van der Waals surface area (Å²) in [5.41, 5.74) is 2.33. The van der Waals surface area contributed by atoms with Crippen molar-refractivity contribution < 1.29 is 4.79 Å². The van der Waals surface area contributed by atoms with Crippen LogP contribution < -0.4 is 0 Å².